The van der Waals surface area contributed by atoms with Gasteiger partial charge in [-0.1, -0.05) is 72.6 Å². The van der Waals surface area contributed by atoms with Crippen molar-refractivity contribution in [2.24, 2.45) is 0 Å². The monoisotopic (exact) mass is 597 g/mol. The second-order valence-corrected chi connectivity index (χ2v) is 11.5. The van der Waals surface area contributed by atoms with E-state index in [-0.39, 0.29) is 16.9 Å². The Hall–Kier alpha value is -4.33. The maximum absolute atomic E-state index is 13.4. The molecular formula is C34H32ClN3O3S. The second-order valence-electron chi connectivity index (χ2n) is 9.74. The second kappa shape index (κ2) is 14.5. The van der Waals surface area contributed by atoms with Gasteiger partial charge in [-0.2, -0.15) is 0 Å². The van der Waals surface area contributed by atoms with Crippen LogP contribution >= 0.6 is 23.4 Å². The number of anilines is 2. The highest BCUT2D eigenvalue weighted by Gasteiger charge is 2.20. The van der Waals surface area contributed by atoms with Gasteiger partial charge in [0.25, 0.3) is 11.8 Å². The molecule has 0 bridgehead atoms. The normalized spacial score (nSPS) is 11.9. The number of aryl methyl sites for hydroxylation is 2. The minimum absolute atomic E-state index is 0.0588. The molecule has 3 amide bonds. The molecule has 0 radical (unpaired) electrons. The third-order valence-corrected chi connectivity index (χ3v) is 7.95. The van der Waals surface area contributed by atoms with Gasteiger partial charge in [-0.15, -0.1) is 11.8 Å². The lowest BCUT2D eigenvalue weighted by Gasteiger charge is -2.17. The number of hydrogen-bond donors (Lipinski definition) is 3. The average molecular weight is 598 g/mol. The first-order valence-electron chi connectivity index (χ1n) is 13.5. The number of rotatable bonds is 10. The van der Waals surface area contributed by atoms with Crippen molar-refractivity contribution in [2.75, 3.05) is 10.6 Å². The largest absolute Gasteiger partial charge is 0.325 e. The smallest absolute Gasteiger partial charge is 0.272 e. The Kier molecular flexibility index (Phi) is 10.6. The molecule has 8 heteroatoms. The zero-order valence-corrected chi connectivity index (χ0v) is 25.2. The van der Waals surface area contributed by atoms with E-state index in [9.17, 15) is 14.4 Å². The van der Waals surface area contributed by atoms with Crippen molar-refractivity contribution in [1.29, 1.82) is 0 Å². The third-order valence-electron chi connectivity index (χ3n) is 6.36. The Balaban J connectivity index is 1.50. The molecule has 4 rings (SSSR count). The lowest BCUT2D eigenvalue weighted by Crippen LogP contribution is -2.30. The molecule has 0 heterocycles. The van der Waals surface area contributed by atoms with Crippen LogP contribution in [0.4, 0.5) is 11.4 Å². The highest BCUT2D eigenvalue weighted by Crippen LogP contribution is 2.29. The molecule has 42 heavy (non-hydrogen) atoms. The Morgan fingerprint density at radius 1 is 0.857 bits per heavy atom. The molecular weight excluding hydrogens is 566 g/mol. The highest BCUT2D eigenvalue weighted by molar-refractivity contribution is 8.00. The Bertz CT molecular complexity index is 1620. The van der Waals surface area contributed by atoms with Crippen LogP contribution in [0.15, 0.2) is 108 Å². The summed E-state index contributed by atoms with van der Waals surface area (Å²) in [5.41, 5.74) is 4.60. The van der Waals surface area contributed by atoms with E-state index in [1.807, 2.05) is 63.2 Å². The molecule has 0 aliphatic rings. The lowest BCUT2D eigenvalue weighted by atomic mass is 10.1. The van der Waals surface area contributed by atoms with Crippen molar-refractivity contribution in [3.8, 4) is 0 Å². The highest BCUT2D eigenvalue weighted by atomic mass is 35.5. The third kappa shape index (κ3) is 8.59. The molecule has 0 saturated carbocycles. The van der Waals surface area contributed by atoms with Crippen molar-refractivity contribution in [2.45, 2.75) is 37.3 Å². The van der Waals surface area contributed by atoms with Crippen molar-refractivity contribution >= 4 is 58.5 Å². The lowest BCUT2D eigenvalue weighted by molar-refractivity contribution is -0.116. The van der Waals surface area contributed by atoms with E-state index >= 15 is 0 Å². The van der Waals surface area contributed by atoms with Crippen LogP contribution in [0.5, 0.6) is 0 Å². The molecule has 3 N–H and O–H groups in total. The number of halogens is 1. The van der Waals surface area contributed by atoms with Crippen molar-refractivity contribution in [3.63, 3.8) is 0 Å². The van der Waals surface area contributed by atoms with Crippen LogP contribution in [0.25, 0.3) is 6.08 Å². The molecule has 4 aromatic rings. The average Bonchev–Trinajstić information content (AvgIpc) is 2.97. The number of carbonyl (C=O) groups excluding carboxylic acids is 3. The van der Waals surface area contributed by atoms with Gasteiger partial charge in [0.2, 0.25) is 5.91 Å². The topological polar surface area (TPSA) is 87.3 Å². The minimum atomic E-state index is -0.499. The maximum Gasteiger partial charge on any atom is 0.272 e. The van der Waals surface area contributed by atoms with E-state index in [1.54, 1.807) is 60.7 Å². The Labute approximate surface area is 255 Å². The summed E-state index contributed by atoms with van der Waals surface area (Å²) in [6, 6.07) is 28.9. The summed E-state index contributed by atoms with van der Waals surface area (Å²) in [5.74, 6) is -0.996. The van der Waals surface area contributed by atoms with Gasteiger partial charge in [0.15, 0.2) is 0 Å². The maximum atomic E-state index is 13.4. The fourth-order valence-corrected chi connectivity index (χ4v) is 5.42. The predicted molar refractivity (Wildman–Crippen MR) is 173 cm³/mol. The molecule has 214 valence electrons. The fraction of sp³-hybridized carbons (Fsp3) is 0.147. The van der Waals surface area contributed by atoms with Gasteiger partial charge in [-0.05, 0) is 86.0 Å². The molecule has 0 fully saturated rings. The van der Waals surface area contributed by atoms with E-state index in [0.29, 0.717) is 28.3 Å². The van der Waals surface area contributed by atoms with Crippen LogP contribution in [0.2, 0.25) is 5.02 Å². The van der Waals surface area contributed by atoms with Crippen LogP contribution < -0.4 is 16.0 Å². The summed E-state index contributed by atoms with van der Waals surface area (Å²) in [6.45, 7) is 5.95. The summed E-state index contributed by atoms with van der Waals surface area (Å²) in [7, 11) is 0. The first-order valence-corrected chi connectivity index (χ1v) is 14.8. The van der Waals surface area contributed by atoms with Gasteiger partial charge in [-0.25, -0.2) is 0 Å². The number of carbonyl (C=O) groups is 3. The van der Waals surface area contributed by atoms with Gasteiger partial charge in [-0.3, -0.25) is 14.4 Å². The minimum Gasteiger partial charge on any atom is -0.325 e. The van der Waals surface area contributed by atoms with E-state index < -0.39 is 11.8 Å². The van der Waals surface area contributed by atoms with Crippen LogP contribution in [0, 0.1) is 13.8 Å². The van der Waals surface area contributed by atoms with E-state index in [0.717, 1.165) is 21.7 Å². The molecule has 1 unspecified atom stereocenters. The van der Waals surface area contributed by atoms with E-state index in [1.165, 1.54) is 11.8 Å². The zero-order valence-electron chi connectivity index (χ0n) is 23.6. The summed E-state index contributed by atoms with van der Waals surface area (Å²) < 4.78 is 0. The van der Waals surface area contributed by atoms with Gasteiger partial charge in [0.05, 0.1) is 5.25 Å². The number of nitrogens with one attached hydrogen (secondary N) is 3. The number of hydrogen-bond acceptors (Lipinski definition) is 4. The number of amides is 3. The molecule has 0 aliphatic carbocycles. The van der Waals surface area contributed by atoms with Crippen LogP contribution in [-0.4, -0.2) is 23.0 Å². The van der Waals surface area contributed by atoms with Gasteiger partial charge in [0.1, 0.15) is 5.70 Å². The Morgan fingerprint density at radius 2 is 1.62 bits per heavy atom. The molecule has 0 saturated heterocycles. The molecule has 1 atom stereocenters. The quantitative estimate of drug-likeness (QED) is 0.128. The van der Waals surface area contributed by atoms with E-state index in [4.69, 9.17) is 11.6 Å². The van der Waals surface area contributed by atoms with Crippen LogP contribution in [0.1, 0.15) is 40.4 Å². The predicted octanol–water partition coefficient (Wildman–Crippen LogP) is 7.88. The summed E-state index contributed by atoms with van der Waals surface area (Å²) in [6.07, 6.45) is 2.20. The van der Waals surface area contributed by atoms with Crippen LogP contribution in [0.3, 0.4) is 0 Å². The SMILES string of the molecule is CCC(Sc1cccc(NC(=O)/C(=C/c2cccc(Cl)c2)NC(=O)c2ccccc2)c1)C(=O)Nc1ccc(C)cc1C. The molecule has 0 aromatic heterocycles. The fourth-order valence-electron chi connectivity index (χ4n) is 4.20. The zero-order chi connectivity index (χ0) is 30.1. The molecule has 0 aliphatic heterocycles. The summed E-state index contributed by atoms with van der Waals surface area (Å²) in [5, 5.41) is 8.83. The van der Waals surface area contributed by atoms with Gasteiger partial charge >= 0.3 is 0 Å². The number of thioether (sulfide) groups is 1. The van der Waals surface area contributed by atoms with Crippen LogP contribution in [-0.2, 0) is 9.59 Å². The summed E-state index contributed by atoms with van der Waals surface area (Å²) in [4.78, 5) is 40.3. The first kappa shape index (κ1) is 30.6. The van der Waals surface area contributed by atoms with Crippen molar-refractivity contribution in [1.82, 2.24) is 5.32 Å². The standard InChI is InChI=1S/C34H32ClN3O3S/c1-4-31(34(41)37-29-17-16-22(2)18-23(29)3)42-28-15-9-14-27(21-28)36-33(40)30(20-24-10-8-13-26(35)19-24)38-32(39)25-11-6-5-7-12-25/h5-21,31H,4H2,1-3H3,(H,36,40)(H,37,41)(H,38,39)/b30-20-. The Morgan fingerprint density at radius 3 is 2.33 bits per heavy atom. The molecule has 0 spiro atoms. The summed E-state index contributed by atoms with van der Waals surface area (Å²) >= 11 is 7.57. The van der Waals surface area contributed by atoms with Gasteiger partial charge in [0, 0.05) is 26.9 Å². The van der Waals surface area contributed by atoms with Crippen molar-refractivity contribution < 1.29 is 14.4 Å². The van der Waals surface area contributed by atoms with Crippen molar-refractivity contribution in [3.05, 3.63) is 130 Å². The first-order chi connectivity index (χ1) is 20.2. The molecule has 6 nitrogen and oxygen atoms in total. The van der Waals surface area contributed by atoms with E-state index in [2.05, 4.69) is 16.0 Å². The number of benzene rings is 4. The van der Waals surface area contributed by atoms with Gasteiger partial charge < -0.3 is 16.0 Å². The molecule has 4 aromatic carbocycles.